The quantitative estimate of drug-likeness (QED) is 0.128. The lowest BCUT2D eigenvalue weighted by atomic mass is 9.62. The molecule has 0 spiro atoms. The lowest BCUT2D eigenvalue weighted by molar-refractivity contribution is -0.149. The maximum absolute atomic E-state index is 14.3. The van der Waals surface area contributed by atoms with E-state index in [1.165, 1.54) is 24.3 Å². The Kier molecular flexibility index (Phi) is 11.6. The van der Waals surface area contributed by atoms with Crippen molar-refractivity contribution in [2.45, 2.75) is 37.8 Å². The van der Waals surface area contributed by atoms with Gasteiger partial charge >= 0.3 is 5.97 Å². The highest BCUT2D eigenvalue weighted by atomic mass is 79.9. The molecule has 0 amide bonds. The molecule has 39 heavy (non-hydrogen) atoms. The molecule has 0 saturated heterocycles. The Balaban J connectivity index is 1.76. The van der Waals surface area contributed by atoms with Crippen LogP contribution in [0.3, 0.4) is 0 Å². The second-order valence-corrected chi connectivity index (χ2v) is 12.3. The minimum atomic E-state index is -4.09. The lowest BCUT2D eigenvalue weighted by Gasteiger charge is -2.23. The van der Waals surface area contributed by atoms with Gasteiger partial charge in [-0.1, -0.05) is 58.6 Å². The van der Waals surface area contributed by atoms with Crippen LogP contribution in [-0.4, -0.2) is 39.5 Å². The molecule has 0 fully saturated rings. The first-order valence-electron chi connectivity index (χ1n) is 12.5. The molecular weight excluding hydrogens is 610 g/mol. The predicted octanol–water partition coefficient (Wildman–Crippen LogP) is 6.66. The standard InChI is InChI=1S/C28H30BBrClFO6S/c1-3-37-28(33)22(18-38-39(35,36)25-11-8-23(30)9-12-25)15-20(17-29(2)34)14-19-4-6-21(7-5-19)26-16-24(31)10-13-27(26)32/h4-13,16,20,22,34H,3,14-15,17-18H2,1-2H3/t20-,22+/m1/s1. The molecule has 3 rings (SSSR count). The van der Waals surface area contributed by atoms with Gasteiger partial charge in [0.2, 0.25) is 0 Å². The number of halogens is 3. The molecule has 3 aromatic rings. The summed E-state index contributed by atoms with van der Waals surface area (Å²) >= 11 is 9.30. The fourth-order valence-corrected chi connectivity index (χ4v) is 5.74. The van der Waals surface area contributed by atoms with E-state index in [1.54, 1.807) is 44.1 Å². The van der Waals surface area contributed by atoms with Crippen molar-refractivity contribution in [2.24, 2.45) is 11.8 Å². The summed E-state index contributed by atoms with van der Waals surface area (Å²) in [5, 5.41) is 10.6. The van der Waals surface area contributed by atoms with E-state index < -0.39 is 28.9 Å². The Morgan fingerprint density at radius 2 is 1.77 bits per heavy atom. The maximum Gasteiger partial charge on any atom is 0.311 e. The van der Waals surface area contributed by atoms with Gasteiger partial charge in [0, 0.05) is 15.1 Å². The number of esters is 1. The van der Waals surface area contributed by atoms with Crippen LogP contribution in [0.4, 0.5) is 4.39 Å². The third kappa shape index (κ3) is 9.43. The summed E-state index contributed by atoms with van der Waals surface area (Å²) in [6.07, 6.45) is 1.11. The molecule has 0 aliphatic heterocycles. The third-order valence-corrected chi connectivity index (χ3v) is 8.22. The van der Waals surface area contributed by atoms with Crippen LogP contribution in [0.1, 0.15) is 18.9 Å². The molecule has 11 heteroatoms. The zero-order chi connectivity index (χ0) is 28.6. The number of rotatable bonds is 13. The monoisotopic (exact) mass is 638 g/mol. The molecule has 0 saturated carbocycles. The molecular formula is C28H30BBrClFO6S. The van der Waals surface area contributed by atoms with Crippen LogP contribution in [0.25, 0.3) is 11.1 Å². The third-order valence-electron chi connectivity index (χ3n) is 6.16. The van der Waals surface area contributed by atoms with Crippen LogP contribution < -0.4 is 0 Å². The first-order valence-corrected chi connectivity index (χ1v) is 15.1. The van der Waals surface area contributed by atoms with Gasteiger partial charge in [0.15, 0.2) is 0 Å². The van der Waals surface area contributed by atoms with Gasteiger partial charge in [-0.15, -0.1) is 0 Å². The van der Waals surface area contributed by atoms with Gasteiger partial charge in [-0.2, -0.15) is 8.42 Å². The van der Waals surface area contributed by atoms with Gasteiger partial charge in [0.25, 0.3) is 17.0 Å². The Morgan fingerprint density at radius 3 is 2.38 bits per heavy atom. The predicted molar refractivity (Wildman–Crippen MR) is 155 cm³/mol. The summed E-state index contributed by atoms with van der Waals surface area (Å²) in [6, 6.07) is 17.7. The van der Waals surface area contributed by atoms with Crippen molar-refractivity contribution in [3.63, 3.8) is 0 Å². The molecule has 0 bridgehead atoms. The SMILES string of the molecule is CCOC(=O)[C@H](COS(=O)(=O)c1ccc(Br)cc1)C[C@H](CB(C)O)Cc1ccc(-c2cc(Cl)ccc2F)cc1. The van der Waals surface area contributed by atoms with Crippen LogP contribution >= 0.6 is 27.5 Å². The number of carbonyl (C=O) groups is 1. The average molecular weight is 640 g/mol. The van der Waals surface area contributed by atoms with Crippen LogP contribution in [0, 0.1) is 17.7 Å². The summed E-state index contributed by atoms with van der Waals surface area (Å²) in [7, 11) is -4.09. The van der Waals surface area contributed by atoms with Gasteiger partial charge in [0.05, 0.1) is 24.0 Å². The highest BCUT2D eigenvalue weighted by Crippen LogP contribution is 2.29. The number of ether oxygens (including phenoxy) is 1. The van der Waals surface area contributed by atoms with E-state index in [0.29, 0.717) is 28.9 Å². The molecule has 6 nitrogen and oxygen atoms in total. The number of hydrogen-bond acceptors (Lipinski definition) is 6. The molecule has 0 radical (unpaired) electrons. The Bertz CT molecular complexity index is 1350. The smallest absolute Gasteiger partial charge is 0.311 e. The van der Waals surface area contributed by atoms with Gasteiger partial charge in [-0.3, -0.25) is 8.98 Å². The van der Waals surface area contributed by atoms with E-state index in [9.17, 15) is 22.6 Å². The van der Waals surface area contributed by atoms with Crippen LogP contribution in [0.2, 0.25) is 18.2 Å². The maximum atomic E-state index is 14.3. The molecule has 3 aromatic carbocycles. The lowest BCUT2D eigenvalue weighted by Crippen LogP contribution is -2.28. The van der Waals surface area contributed by atoms with E-state index in [2.05, 4.69) is 15.9 Å². The summed E-state index contributed by atoms with van der Waals surface area (Å²) in [6.45, 7) is 2.43. The molecule has 0 heterocycles. The Hall–Kier alpha value is -2.24. The molecule has 208 valence electrons. The molecule has 0 aliphatic carbocycles. The first kappa shape index (κ1) is 31.3. The van der Waals surface area contributed by atoms with Crippen molar-refractivity contribution in [2.75, 3.05) is 13.2 Å². The van der Waals surface area contributed by atoms with E-state index in [-0.39, 0.29) is 36.3 Å². The highest BCUT2D eigenvalue weighted by molar-refractivity contribution is 9.10. The van der Waals surface area contributed by atoms with Crippen molar-refractivity contribution < 1.29 is 31.5 Å². The molecule has 1 N–H and O–H groups in total. The summed E-state index contributed by atoms with van der Waals surface area (Å²) in [5.41, 5.74) is 1.97. The van der Waals surface area contributed by atoms with Crippen LogP contribution in [-0.2, 0) is 30.3 Å². The zero-order valence-corrected chi connectivity index (χ0v) is 24.8. The van der Waals surface area contributed by atoms with Crippen molar-refractivity contribution in [1.29, 1.82) is 0 Å². The summed E-state index contributed by atoms with van der Waals surface area (Å²) in [5.74, 6) is -1.99. The average Bonchev–Trinajstić information content (AvgIpc) is 2.88. The molecule has 0 unspecified atom stereocenters. The van der Waals surface area contributed by atoms with E-state index in [0.717, 1.165) is 10.0 Å². The van der Waals surface area contributed by atoms with E-state index >= 15 is 0 Å². The second kappa shape index (κ2) is 14.4. The van der Waals surface area contributed by atoms with Crippen molar-refractivity contribution in [1.82, 2.24) is 0 Å². The Labute approximate surface area is 242 Å². The van der Waals surface area contributed by atoms with Gasteiger partial charge < -0.3 is 9.76 Å². The zero-order valence-electron chi connectivity index (χ0n) is 21.6. The molecule has 0 aliphatic rings. The molecule has 2 atom stereocenters. The summed E-state index contributed by atoms with van der Waals surface area (Å²) in [4.78, 5) is 12.7. The van der Waals surface area contributed by atoms with Gasteiger partial charge in [-0.25, -0.2) is 4.39 Å². The van der Waals surface area contributed by atoms with Crippen molar-refractivity contribution >= 4 is 50.5 Å². The minimum absolute atomic E-state index is 0.0231. The Morgan fingerprint density at radius 1 is 1.10 bits per heavy atom. The normalized spacial score (nSPS) is 13.1. The van der Waals surface area contributed by atoms with E-state index in [1.807, 2.05) is 12.1 Å². The highest BCUT2D eigenvalue weighted by Gasteiger charge is 2.29. The number of hydrogen-bond donors (Lipinski definition) is 1. The van der Waals surface area contributed by atoms with Gasteiger partial charge in [-0.05, 0) is 85.6 Å². The van der Waals surface area contributed by atoms with Gasteiger partial charge in [0.1, 0.15) is 5.82 Å². The van der Waals surface area contributed by atoms with Crippen LogP contribution in [0.5, 0.6) is 0 Å². The fourth-order valence-electron chi connectivity index (χ4n) is 4.35. The van der Waals surface area contributed by atoms with E-state index in [4.69, 9.17) is 20.5 Å². The topological polar surface area (TPSA) is 89.9 Å². The molecule has 0 aromatic heterocycles. The van der Waals surface area contributed by atoms with Crippen molar-refractivity contribution in [3.05, 3.63) is 87.6 Å². The number of benzene rings is 3. The fraction of sp³-hybridized carbons (Fsp3) is 0.321. The summed E-state index contributed by atoms with van der Waals surface area (Å²) < 4.78 is 50.9. The largest absolute Gasteiger partial charge is 0.466 e. The van der Waals surface area contributed by atoms with Crippen LogP contribution in [0.15, 0.2) is 76.1 Å². The first-order chi connectivity index (χ1) is 18.5. The number of carbonyl (C=O) groups excluding carboxylic acids is 1. The van der Waals surface area contributed by atoms with Crippen molar-refractivity contribution in [3.8, 4) is 11.1 Å². The second-order valence-electron chi connectivity index (χ2n) is 9.35. The minimum Gasteiger partial charge on any atom is -0.466 e.